The van der Waals surface area contributed by atoms with Crippen molar-refractivity contribution in [3.63, 3.8) is 0 Å². The minimum Gasteiger partial charge on any atom is -0.475 e. The van der Waals surface area contributed by atoms with E-state index in [-0.39, 0.29) is 30.8 Å². The summed E-state index contributed by atoms with van der Waals surface area (Å²) < 4.78 is 76.3. The summed E-state index contributed by atoms with van der Waals surface area (Å²) in [5, 5.41) is 20.9. The number of amides is 2. The van der Waals surface area contributed by atoms with Gasteiger partial charge >= 0.3 is 18.3 Å². The number of hydrogen-bond donors (Lipinski definition) is 3. The van der Waals surface area contributed by atoms with Crippen molar-refractivity contribution in [1.82, 2.24) is 24.5 Å². The van der Waals surface area contributed by atoms with E-state index in [1.165, 1.54) is 4.90 Å². The van der Waals surface area contributed by atoms with E-state index in [0.29, 0.717) is 23.8 Å². The summed E-state index contributed by atoms with van der Waals surface area (Å²) in [5.41, 5.74) is -2.40. The molecule has 1 aliphatic heterocycles. The van der Waals surface area contributed by atoms with E-state index in [0.717, 1.165) is 37.0 Å². The number of aliphatic carboxylic acids is 1. The van der Waals surface area contributed by atoms with Crippen molar-refractivity contribution in [3.8, 4) is 0 Å². The van der Waals surface area contributed by atoms with Crippen LogP contribution in [0.2, 0.25) is 0 Å². The number of β-amino-alcohol motifs (C(OH)–C–C–N with tert-alkyl or cyclic N) is 1. The van der Waals surface area contributed by atoms with Crippen LogP contribution in [0, 0.1) is 11.3 Å². The molecule has 244 valence electrons. The van der Waals surface area contributed by atoms with E-state index in [4.69, 9.17) is 9.90 Å². The monoisotopic (exact) mass is 635 g/mol. The number of imidazole rings is 1. The molecular formula is C28H35F6N5O5. The fourth-order valence-electron chi connectivity index (χ4n) is 6.09. The van der Waals surface area contributed by atoms with Crippen LogP contribution in [-0.2, 0) is 14.4 Å². The maximum Gasteiger partial charge on any atom is 0.490 e. The topological polar surface area (TPSA) is 127 Å². The van der Waals surface area contributed by atoms with Crippen LogP contribution in [0.25, 0.3) is 5.65 Å². The lowest BCUT2D eigenvalue weighted by molar-refractivity contribution is -0.266. The molecule has 2 aromatic heterocycles. The Morgan fingerprint density at radius 1 is 1.09 bits per heavy atom. The summed E-state index contributed by atoms with van der Waals surface area (Å²) in [6, 6.07) is 4.17. The highest BCUT2D eigenvalue weighted by atomic mass is 19.4. The zero-order chi connectivity index (χ0) is 32.5. The molecule has 3 aliphatic carbocycles. The Balaban J connectivity index is 0.000000566. The number of rotatable bonds is 8. The molecule has 2 bridgehead atoms. The largest absolute Gasteiger partial charge is 0.490 e. The van der Waals surface area contributed by atoms with Gasteiger partial charge in [-0.2, -0.15) is 26.3 Å². The Labute approximate surface area is 249 Å². The van der Waals surface area contributed by atoms with Gasteiger partial charge in [-0.3, -0.25) is 14.5 Å². The molecule has 44 heavy (non-hydrogen) atoms. The summed E-state index contributed by atoms with van der Waals surface area (Å²) in [4.78, 5) is 42.4. The van der Waals surface area contributed by atoms with Crippen molar-refractivity contribution >= 4 is 23.4 Å². The van der Waals surface area contributed by atoms with Crippen molar-refractivity contribution < 1.29 is 50.9 Å². The summed E-state index contributed by atoms with van der Waals surface area (Å²) in [6.45, 7) is 0.656. The second-order valence-electron chi connectivity index (χ2n) is 12.0. The quantitative estimate of drug-likeness (QED) is 0.299. The van der Waals surface area contributed by atoms with Crippen molar-refractivity contribution in [2.75, 3.05) is 32.7 Å². The first kappa shape index (κ1) is 33.5. The number of carbonyl (C=O) groups excluding carboxylic acids is 2. The van der Waals surface area contributed by atoms with Gasteiger partial charge in [0.15, 0.2) is 5.60 Å². The number of aromatic nitrogens is 2. The highest BCUT2D eigenvalue weighted by Gasteiger charge is 2.60. The van der Waals surface area contributed by atoms with Gasteiger partial charge < -0.3 is 24.8 Å². The van der Waals surface area contributed by atoms with Gasteiger partial charge in [-0.25, -0.2) is 9.78 Å². The predicted octanol–water partition coefficient (Wildman–Crippen LogP) is 3.55. The molecule has 2 aromatic rings. The molecule has 2 unspecified atom stereocenters. The Morgan fingerprint density at radius 3 is 2.27 bits per heavy atom. The van der Waals surface area contributed by atoms with Crippen LogP contribution in [-0.4, -0.2) is 97.9 Å². The van der Waals surface area contributed by atoms with Crippen LogP contribution in [0.3, 0.4) is 0 Å². The standard InChI is InChI=1S/C26H34F3N5O3.C2HF3O2/c1-2-3-7-30-23(36)22(19-15-32-8-5-4-6-20(32)31-19)34-10-9-33(16-25(37,17-34)26(27,28)29)21(35)14-24-11-18(12-24)13-24;3-2(4,5)1(6)7/h4-6,8,15,18,22,37H,2-3,7,9-14,16-17H2,1H3,(H,30,36);(H,6,7). The number of aliphatic hydroxyl groups is 1. The maximum atomic E-state index is 14.3. The second kappa shape index (κ2) is 12.5. The Kier molecular flexibility index (Phi) is 9.54. The molecule has 4 fully saturated rings. The Hall–Kier alpha value is -3.40. The van der Waals surface area contributed by atoms with Gasteiger partial charge in [0.2, 0.25) is 11.8 Å². The number of carboxylic acid groups (broad SMARTS) is 1. The summed E-state index contributed by atoms with van der Waals surface area (Å²) >= 11 is 0. The van der Waals surface area contributed by atoms with E-state index < -0.39 is 49.0 Å². The van der Waals surface area contributed by atoms with Crippen molar-refractivity contribution in [1.29, 1.82) is 0 Å². The number of carboxylic acids is 1. The number of fused-ring (bicyclic) bond motifs is 1. The van der Waals surface area contributed by atoms with Crippen LogP contribution in [0.1, 0.15) is 57.2 Å². The molecule has 0 radical (unpaired) electrons. The molecule has 2 amide bonds. The van der Waals surface area contributed by atoms with Crippen LogP contribution >= 0.6 is 0 Å². The van der Waals surface area contributed by atoms with Crippen LogP contribution in [0.4, 0.5) is 26.3 Å². The van der Waals surface area contributed by atoms with Gasteiger partial charge in [-0.1, -0.05) is 19.4 Å². The lowest BCUT2D eigenvalue weighted by Crippen LogP contribution is -2.59. The number of pyridine rings is 1. The fourth-order valence-corrected chi connectivity index (χ4v) is 6.09. The predicted molar refractivity (Wildman–Crippen MR) is 143 cm³/mol. The van der Waals surface area contributed by atoms with Gasteiger partial charge in [-0.05, 0) is 49.1 Å². The smallest absolute Gasteiger partial charge is 0.475 e. The van der Waals surface area contributed by atoms with Gasteiger partial charge in [0, 0.05) is 45.0 Å². The molecule has 0 aromatic carbocycles. The van der Waals surface area contributed by atoms with Crippen molar-refractivity contribution in [3.05, 3.63) is 36.3 Å². The highest BCUT2D eigenvalue weighted by Crippen LogP contribution is 2.66. The number of alkyl halides is 6. The van der Waals surface area contributed by atoms with Gasteiger partial charge in [0.25, 0.3) is 0 Å². The first-order chi connectivity index (χ1) is 20.5. The Morgan fingerprint density at radius 2 is 1.75 bits per heavy atom. The third-order valence-electron chi connectivity index (χ3n) is 8.49. The minimum absolute atomic E-state index is 0.000505. The molecule has 6 rings (SSSR count). The average Bonchev–Trinajstić information content (AvgIpc) is 3.21. The summed E-state index contributed by atoms with van der Waals surface area (Å²) in [6.07, 6.45) is -2.06. The normalized spacial score (nSPS) is 26.0. The van der Waals surface area contributed by atoms with Crippen LogP contribution in [0.5, 0.6) is 0 Å². The lowest BCUT2D eigenvalue weighted by Gasteiger charge is -2.62. The highest BCUT2D eigenvalue weighted by molar-refractivity contribution is 5.83. The van der Waals surface area contributed by atoms with Gasteiger partial charge in [-0.15, -0.1) is 0 Å². The molecule has 0 spiro atoms. The number of hydrogen-bond acceptors (Lipinski definition) is 6. The van der Waals surface area contributed by atoms with Crippen molar-refractivity contribution in [2.45, 2.75) is 69.4 Å². The number of carbonyl (C=O) groups is 3. The average molecular weight is 636 g/mol. The molecular weight excluding hydrogens is 600 g/mol. The lowest BCUT2D eigenvalue weighted by atomic mass is 9.43. The molecule has 3 heterocycles. The number of unbranched alkanes of at least 4 members (excludes halogenated alkanes) is 1. The molecule has 10 nitrogen and oxygen atoms in total. The van der Waals surface area contributed by atoms with Crippen molar-refractivity contribution in [2.24, 2.45) is 11.3 Å². The van der Waals surface area contributed by atoms with E-state index in [9.17, 15) is 41.0 Å². The van der Waals surface area contributed by atoms with Gasteiger partial charge in [0.1, 0.15) is 11.7 Å². The molecule has 1 saturated heterocycles. The summed E-state index contributed by atoms with van der Waals surface area (Å²) in [7, 11) is 0. The van der Waals surface area contributed by atoms with Crippen LogP contribution in [0.15, 0.2) is 30.6 Å². The number of halogens is 6. The summed E-state index contributed by atoms with van der Waals surface area (Å²) in [5.74, 6) is -2.95. The molecule has 3 N–H and O–H groups in total. The zero-order valence-corrected chi connectivity index (χ0v) is 24.0. The van der Waals surface area contributed by atoms with Gasteiger partial charge in [0.05, 0.1) is 12.2 Å². The molecule has 4 aliphatic rings. The third-order valence-corrected chi connectivity index (χ3v) is 8.49. The molecule has 2 atom stereocenters. The zero-order valence-electron chi connectivity index (χ0n) is 24.0. The van der Waals surface area contributed by atoms with E-state index >= 15 is 0 Å². The van der Waals surface area contributed by atoms with E-state index in [1.807, 2.05) is 6.92 Å². The first-order valence-electron chi connectivity index (χ1n) is 14.3. The number of nitrogens with zero attached hydrogens (tertiary/aromatic N) is 4. The Bertz CT molecular complexity index is 1310. The molecule has 16 heteroatoms. The SMILES string of the molecule is CCCCNC(=O)C(c1cn2ccccc2n1)N1CCN(C(=O)CC23CC(C2)C3)CC(O)(C(F)(F)F)C1.O=C(O)C(F)(F)F. The fraction of sp³-hybridized carbons (Fsp3) is 0.643. The first-order valence-corrected chi connectivity index (χ1v) is 14.3. The van der Waals surface area contributed by atoms with Crippen LogP contribution < -0.4 is 5.32 Å². The minimum atomic E-state index is -5.08. The third kappa shape index (κ3) is 7.28. The van der Waals surface area contributed by atoms with E-state index in [1.54, 1.807) is 35.0 Å². The van der Waals surface area contributed by atoms with E-state index in [2.05, 4.69) is 10.3 Å². The number of nitrogens with one attached hydrogen (secondary N) is 1. The second-order valence-corrected chi connectivity index (χ2v) is 12.0. The maximum absolute atomic E-state index is 14.3. The molecule has 3 saturated carbocycles.